The lowest BCUT2D eigenvalue weighted by molar-refractivity contribution is -0.132. The number of rotatable bonds is 10. The first-order chi connectivity index (χ1) is 20.2. The molecule has 0 saturated carbocycles. The van der Waals surface area contributed by atoms with Gasteiger partial charge in [0.25, 0.3) is 0 Å². The van der Waals surface area contributed by atoms with E-state index in [2.05, 4.69) is 9.97 Å². The zero-order chi connectivity index (χ0) is 29.8. The molecular weight excluding hydrogens is 540 g/mol. The minimum Gasteiger partial charge on any atom is -0.479 e. The Morgan fingerprint density at radius 1 is 1.17 bits per heavy atom. The lowest BCUT2D eigenvalue weighted by Crippen LogP contribution is -2.42. The van der Waals surface area contributed by atoms with Crippen LogP contribution in [0.1, 0.15) is 48.4 Å². The number of fused-ring (bicyclic) bond motifs is 1. The number of amides is 1. The van der Waals surface area contributed by atoms with Crippen molar-refractivity contribution in [1.29, 1.82) is 0 Å². The Balaban J connectivity index is 1.27. The Kier molecular flexibility index (Phi) is 9.13. The van der Waals surface area contributed by atoms with Crippen molar-refractivity contribution in [2.75, 3.05) is 26.8 Å². The highest BCUT2D eigenvalue weighted by molar-refractivity contribution is 5.86. The summed E-state index contributed by atoms with van der Waals surface area (Å²) >= 11 is 0. The van der Waals surface area contributed by atoms with Crippen molar-refractivity contribution < 1.29 is 23.4 Å². The molecule has 222 valence electrons. The van der Waals surface area contributed by atoms with Gasteiger partial charge in [-0.3, -0.25) is 4.79 Å². The Morgan fingerprint density at radius 3 is 2.62 bits per heavy atom. The van der Waals surface area contributed by atoms with E-state index >= 15 is 4.39 Å². The third-order valence-corrected chi connectivity index (χ3v) is 8.13. The maximum Gasteiger partial charge on any atom is 0.313 e. The van der Waals surface area contributed by atoms with Crippen molar-refractivity contribution in [1.82, 2.24) is 19.4 Å². The van der Waals surface area contributed by atoms with Crippen LogP contribution < -0.4 is 5.73 Å². The van der Waals surface area contributed by atoms with E-state index in [1.165, 1.54) is 6.07 Å². The fraction of sp³-hybridized carbons (Fsp3) is 0.406. The van der Waals surface area contributed by atoms with Crippen molar-refractivity contribution in [2.24, 2.45) is 5.73 Å². The zero-order valence-corrected chi connectivity index (χ0v) is 24.0. The molecule has 2 aromatic heterocycles. The predicted octanol–water partition coefficient (Wildman–Crippen LogP) is 5.09. The second kappa shape index (κ2) is 13.0. The number of likely N-dealkylation sites (tertiary alicyclic amines) is 1. The van der Waals surface area contributed by atoms with Crippen LogP contribution in [0.2, 0.25) is 0 Å². The largest absolute Gasteiger partial charge is 0.479 e. The first-order valence-corrected chi connectivity index (χ1v) is 14.4. The van der Waals surface area contributed by atoms with Gasteiger partial charge in [0.05, 0.1) is 5.52 Å². The van der Waals surface area contributed by atoms with E-state index in [1.54, 1.807) is 19.5 Å². The molecule has 3 N–H and O–H groups in total. The molecule has 1 unspecified atom stereocenters. The molecule has 3 heterocycles. The maximum atomic E-state index is 15.0. The molecule has 2 aromatic carbocycles. The van der Waals surface area contributed by atoms with Crippen LogP contribution in [0.3, 0.4) is 0 Å². The van der Waals surface area contributed by atoms with Crippen molar-refractivity contribution in [2.45, 2.75) is 57.5 Å². The lowest BCUT2D eigenvalue weighted by atomic mass is 9.91. The quantitative estimate of drug-likeness (QED) is 0.254. The van der Waals surface area contributed by atoms with E-state index in [0.29, 0.717) is 50.0 Å². The average Bonchev–Trinajstić information content (AvgIpc) is 3.25. The van der Waals surface area contributed by atoms with E-state index in [-0.39, 0.29) is 30.3 Å². The second-order valence-electron chi connectivity index (χ2n) is 11.1. The SMILES string of the molecule is COCCCn1c(C2CCCN(C(=O)C[C@H](N)Cc3ccc(-c4cnc(O)nc4)cc3)C2)c(C)c2cc(F)cc(F)c21. The van der Waals surface area contributed by atoms with E-state index in [9.17, 15) is 14.3 Å². The molecule has 0 spiro atoms. The van der Waals surface area contributed by atoms with Gasteiger partial charge in [0, 0.05) is 86.8 Å². The number of piperidine rings is 1. The van der Waals surface area contributed by atoms with Crippen LogP contribution in [0.5, 0.6) is 6.01 Å². The van der Waals surface area contributed by atoms with Crippen molar-refractivity contribution in [3.05, 3.63) is 77.2 Å². The summed E-state index contributed by atoms with van der Waals surface area (Å²) in [6.45, 7) is 4.16. The van der Waals surface area contributed by atoms with Gasteiger partial charge in [0.1, 0.15) is 11.6 Å². The molecule has 1 aliphatic heterocycles. The molecule has 42 heavy (non-hydrogen) atoms. The van der Waals surface area contributed by atoms with Gasteiger partial charge >= 0.3 is 6.01 Å². The standard InChI is InChI=1S/C32H37F2N5O3/c1-20-27-14-25(33)15-28(34)31(27)39(11-4-12-42-2)30(20)23-5-3-10-38(19-23)29(40)16-26(35)13-21-6-8-22(9-7-21)24-17-36-32(41)37-18-24/h6-9,14-15,17-18,23,26H,3-5,10-13,16,19,35H2,1-2H3,(H,36,37,41)/t23?,26-/m1/s1. The fourth-order valence-electron chi connectivity index (χ4n) is 6.17. The molecule has 10 heteroatoms. The Labute approximate surface area is 244 Å². The summed E-state index contributed by atoms with van der Waals surface area (Å²) in [7, 11) is 1.63. The van der Waals surface area contributed by atoms with Gasteiger partial charge in [-0.05, 0) is 55.4 Å². The number of carbonyl (C=O) groups is 1. The van der Waals surface area contributed by atoms with E-state index in [4.69, 9.17) is 10.5 Å². The highest BCUT2D eigenvalue weighted by Gasteiger charge is 2.30. The summed E-state index contributed by atoms with van der Waals surface area (Å²) < 4.78 is 36.4. The molecular formula is C32H37F2N5O3. The smallest absolute Gasteiger partial charge is 0.313 e. The fourth-order valence-corrected chi connectivity index (χ4v) is 6.17. The third-order valence-electron chi connectivity index (χ3n) is 8.13. The van der Waals surface area contributed by atoms with Crippen LogP contribution in [-0.4, -0.2) is 63.3 Å². The Hall–Kier alpha value is -3.89. The molecule has 1 aliphatic rings. The number of ether oxygens (including phenoxy) is 1. The van der Waals surface area contributed by atoms with Crippen LogP contribution in [-0.2, 0) is 22.5 Å². The van der Waals surface area contributed by atoms with E-state index in [1.807, 2.05) is 40.7 Å². The summed E-state index contributed by atoms with van der Waals surface area (Å²) in [5, 5.41) is 9.88. The summed E-state index contributed by atoms with van der Waals surface area (Å²) in [6.07, 6.45) is 6.26. The Morgan fingerprint density at radius 2 is 1.90 bits per heavy atom. The first kappa shape index (κ1) is 29.6. The number of hydrogen-bond donors (Lipinski definition) is 2. The molecule has 4 aromatic rings. The molecule has 1 amide bonds. The summed E-state index contributed by atoms with van der Waals surface area (Å²) in [5.74, 6) is -1.16. The second-order valence-corrected chi connectivity index (χ2v) is 11.1. The van der Waals surface area contributed by atoms with Crippen LogP contribution in [0, 0.1) is 18.6 Å². The van der Waals surface area contributed by atoms with E-state index in [0.717, 1.165) is 46.9 Å². The number of aromatic nitrogens is 3. The van der Waals surface area contributed by atoms with Gasteiger partial charge in [0.2, 0.25) is 5.91 Å². The molecule has 8 nitrogen and oxygen atoms in total. The van der Waals surface area contributed by atoms with Crippen molar-refractivity contribution in [3.63, 3.8) is 0 Å². The number of aromatic hydroxyl groups is 1. The van der Waals surface area contributed by atoms with Crippen LogP contribution in [0.15, 0.2) is 48.8 Å². The zero-order valence-electron chi connectivity index (χ0n) is 24.0. The third kappa shape index (κ3) is 6.44. The van der Waals surface area contributed by atoms with Gasteiger partial charge in [-0.15, -0.1) is 0 Å². The van der Waals surface area contributed by atoms with Crippen LogP contribution >= 0.6 is 0 Å². The van der Waals surface area contributed by atoms with Crippen molar-refractivity contribution in [3.8, 4) is 17.1 Å². The monoisotopic (exact) mass is 577 g/mol. The van der Waals surface area contributed by atoms with Gasteiger partial charge in [-0.1, -0.05) is 24.3 Å². The minimum atomic E-state index is -0.595. The normalized spacial score (nSPS) is 16.2. The number of carbonyl (C=O) groups excluding carboxylic acids is 1. The molecule has 0 bridgehead atoms. The minimum absolute atomic E-state index is 0.00184. The molecule has 0 radical (unpaired) electrons. The van der Waals surface area contributed by atoms with Gasteiger partial charge in [-0.25, -0.2) is 18.7 Å². The lowest BCUT2D eigenvalue weighted by Gasteiger charge is -2.34. The average molecular weight is 578 g/mol. The molecule has 5 rings (SSSR count). The predicted molar refractivity (Wildman–Crippen MR) is 157 cm³/mol. The molecule has 0 aliphatic carbocycles. The number of nitrogens with zero attached hydrogens (tertiary/aromatic N) is 4. The number of hydrogen-bond acceptors (Lipinski definition) is 6. The molecule has 2 atom stereocenters. The number of halogens is 2. The highest BCUT2D eigenvalue weighted by Crippen LogP contribution is 2.37. The van der Waals surface area contributed by atoms with Crippen LogP contribution in [0.25, 0.3) is 22.0 Å². The van der Waals surface area contributed by atoms with Gasteiger partial charge in [0.15, 0.2) is 0 Å². The maximum absolute atomic E-state index is 15.0. The topological polar surface area (TPSA) is 106 Å². The summed E-state index contributed by atoms with van der Waals surface area (Å²) in [5.41, 5.74) is 11.4. The highest BCUT2D eigenvalue weighted by atomic mass is 19.1. The molecule has 1 fully saturated rings. The Bertz CT molecular complexity index is 1540. The van der Waals surface area contributed by atoms with Gasteiger partial charge in [-0.2, -0.15) is 0 Å². The first-order valence-electron chi connectivity index (χ1n) is 14.4. The number of aryl methyl sites for hydroxylation is 2. The van der Waals surface area contributed by atoms with Gasteiger partial charge < -0.3 is 25.0 Å². The number of benzene rings is 2. The van der Waals surface area contributed by atoms with E-state index < -0.39 is 11.6 Å². The summed E-state index contributed by atoms with van der Waals surface area (Å²) in [4.78, 5) is 22.9. The van der Waals surface area contributed by atoms with Crippen molar-refractivity contribution >= 4 is 16.8 Å². The molecule has 1 saturated heterocycles. The number of methoxy groups -OCH3 is 1. The summed E-state index contributed by atoms with van der Waals surface area (Å²) in [6, 6.07) is 9.54. The number of nitrogens with two attached hydrogens (primary N) is 1. The van der Waals surface area contributed by atoms with Crippen LogP contribution in [0.4, 0.5) is 8.78 Å².